The summed E-state index contributed by atoms with van der Waals surface area (Å²) in [6.45, 7) is 2.07. The number of nitrogens with one attached hydrogen (secondary N) is 1. The van der Waals surface area contributed by atoms with Crippen molar-refractivity contribution in [3.8, 4) is 0 Å². The highest BCUT2D eigenvalue weighted by Gasteiger charge is 2.19. The summed E-state index contributed by atoms with van der Waals surface area (Å²) in [5, 5.41) is 3.52. The molecule has 2 nitrogen and oxygen atoms in total. The summed E-state index contributed by atoms with van der Waals surface area (Å²) >= 11 is 11.2. The third-order valence-corrected chi connectivity index (χ3v) is 5.08. The molecule has 0 aliphatic carbocycles. The lowest BCUT2D eigenvalue weighted by Gasteiger charge is -2.18. The fraction of sp³-hybridized carbons (Fsp3) is 0.125. The van der Waals surface area contributed by atoms with Crippen LogP contribution in [0.15, 0.2) is 57.6 Å². The number of anilines is 1. The molecule has 0 saturated heterocycles. The highest BCUT2D eigenvalue weighted by atomic mass is 79.9. The minimum Gasteiger partial charge on any atom is -0.467 e. The summed E-state index contributed by atoms with van der Waals surface area (Å²) in [5.74, 6) is 0.862. The molecule has 0 aliphatic rings. The van der Waals surface area contributed by atoms with Crippen LogP contribution in [0.2, 0.25) is 4.34 Å². The van der Waals surface area contributed by atoms with Crippen LogP contribution in [0.25, 0.3) is 0 Å². The standard InChI is InChI=1S/C16H13BrClNOS/c1-10-4-5-12(11(17)9-10)19-16(13-3-2-8-20-13)14-6-7-15(18)21-14/h2-9,16,19H,1H3. The zero-order valence-corrected chi connectivity index (χ0v) is 14.4. The second-order valence-electron chi connectivity index (χ2n) is 4.72. The van der Waals surface area contributed by atoms with Gasteiger partial charge in [-0.05, 0) is 64.8 Å². The van der Waals surface area contributed by atoms with E-state index in [1.165, 1.54) is 5.56 Å². The van der Waals surface area contributed by atoms with Gasteiger partial charge in [-0.1, -0.05) is 17.7 Å². The van der Waals surface area contributed by atoms with E-state index in [1.54, 1.807) is 17.6 Å². The van der Waals surface area contributed by atoms with Gasteiger partial charge >= 0.3 is 0 Å². The fourth-order valence-electron chi connectivity index (χ4n) is 2.11. The molecule has 0 spiro atoms. The first-order chi connectivity index (χ1) is 10.1. The Balaban J connectivity index is 1.96. The summed E-state index contributed by atoms with van der Waals surface area (Å²) in [7, 11) is 0. The second kappa shape index (κ2) is 6.26. The van der Waals surface area contributed by atoms with Gasteiger partial charge in [0.1, 0.15) is 11.8 Å². The SMILES string of the molecule is Cc1ccc(NC(c2ccco2)c2ccc(Cl)s2)c(Br)c1. The number of hydrogen-bond acceptors (Lipinski definition) is 3. The Labute approximate surface area is 140 Å². The minimum absolute atomic E-state index is 0.0588. The summed E-state index contributed by atoms with van der Waals surface area (Å²) < 4.78 is 7.38. The quantitative estimate of drug-likeness (QED) is 0.575. The Kier molecular flexibility index (Phi) is 4.38. The lowest BCUT2D eigenvalue weighted by Crippen LogP contribution is -2.10. The number of benzene rings is 1. The highest BCUT2D eigenvalue weighted by Crippen LogP contribution is 2.35. The molecule has 0 aliphatic heterocycles. The van der Waals surface area contributed by atoms with Gasteiger partial charge in [0.15, 0.2) is 0 Å². The summed E-state index contributed by atoms with van der Waals surface area (Å²) in [5.41, 5.74) is 2.23. The number of halogens is 2. The van der Waals surface area contributed by atoms with E-state index in [0.717, 1.165) is 25.1 Å². The van der Waals surface area contributed by atoms with Crippen molar-refractivity contribution in [3.63, 3.8) is 0 Å². The van der Waals surface area contributed by atoms with Gasteiger partial charge < -0.3 is 9.73 Å². The third kappa shape index (κ3) is 3.34. The van der Waals surface area contributed by atoms with Gasteiger partial charge in [-0.25, -0.2) is 0 Å². The van der Waals surface area contributed by atoms with Gasteiger partial charge in [-0.2, -0.15) is 0 Å². The molecule has 0 saturated carbocycles. The Bertz CT molecular complexity index is 739. The van der Waals surface area contributed by atoms with Crippen LogP contribution in [0, 0.1) is 6.92 Å². The third-order valence-electron chi connectivity index (χ3n) is 3.13. The molecule has 3 rings (SSSR count). The van der Waals surface area contributed by atoms with Gasteiger partial charge in [-0.15, -0.1) is 11.3 Å². The van der Waals surface area contributed by atoms with E-state index in [2.05, 4.69) is 46.4 Å². The van der Waals surface area contributed by atoms with Crippen molar-refractivity contribution in [2.45, 2.75) is 13.0 Å². The van der Waals surface area contributed by atoms with Crippen molar-refractivity contribution in [2.75, 3.05) is 5.32 Å². The molecule has 2 heterocycles. The predicted octanol–water partition coefficient (Wildman–Crippen LogP) is 6.27. The Morgan fingerprint density at radius 2 is 2.10 bits per heavy atom. The molecule has 1 unspecified atom stereocenters. The van der Waals surface area contributed by atoms with Crippen molar-refractivity contribution in [1.29, 1.82) is 0 Å². The first-order valence-electron chi connectivity index (χ1n) is 6.45. The zero-order valence-electron chi connectivity index (χ0n) is 11.3. The monoisotopic (exact) mass is 381 g/mol. The second-order valence-corrected chi connectivity index (χ2v) is 7.32. The summed E-state index contributed by atoms with van der Waals surface area (Å²) in [4.78, 5) is 1.11. The van der Waals surface area contributed by atoms with Crippen molar-refractivity contribution < 1.29 is 4.42 Å². The number of aryl methyl sites for hydroxylation is 1. The summed E-state index contributed by atoms with van der Waals surface area (Å²) in [6, 6.07) is 14.0. The van der Waals surface area contributed by atoms with Crippen LogP contribution >= 0.6 is 38.9 Å². The van der Waals surface area contributed by atoms with Crippen molar-refractivity contribution in [3.05, 3.63) is 73.7 Å². The van der Waals surface area contributed by atoms with E-state index >= 15 is 0 Å². The molecule has 108 valence electrons. The molecule has 5 heteroatoms. The number of thiophene rings is 1. The van der Waals surface area contributed by atoms with Crippen LogP contribution in [-0.2, 0) is 0 Å². The Morgan fingerprint density at radius 1 is 1.24 bits per heavy atom. The number of rotatable bonds is 4. The molecule has 21 heavy (non-hydrogen) atoms. The maximum atomic E-state index is 6.07. The van der Waals surface area contributed by atoms with E-state index in [9.17, 15) is 0 Å². The van der Waals surface area contributed by atoms with Crippen LogP contribution in [0.4, 0.5) is 5.69 Å². The average molecular weight is 383 g/mol. The van der Waals surface area contributed by atoms with Crippen molar-refractivity contribution >= 4 is 44.6 Å². The number of furan rings is 1. The molecule has 2 aromatic heterocycles. The van der Waals surface area contributed by atoms with Crippen LogP contribution in [0.1, 0.15) is 22.2 Å². The first-order valence-corrected chi connectivity index (χ1v) is 8.43. The molecule has 0 bridgehead atoms. The van der Waals surface area contributed by atoms with E-state index in [1.807, 2.05) is 24.3 Å². The van der Waals surface area contributed by atoms with E-state index in [4.69, 9.17) is 16.0 Å². The smallest absolute Gasteiger partial charge is 0.131 e. The van der Waals surface area contributed by atoms with Gasteiger partial charge in [0.2, 0.25) is 0 Å². The lowest BCUT2D eigenvalue weighted by atomic mass is 10.1. The molecule has 1 N–H and O–H groups in total. The molecular formula is C16H13BrClNOS. The van der Waals surface area contributed by atoms with E-state index < -0.39 is 0 Å². The molecule has 0 amide bonds. The average Bonchev–Trinajstić information content (AvgIpc) is 3.09. The van der Waals surface area contributed by atoms with Gasteiger partial charge in [0.05, 0.1) is 10.6 Å². The van der Waals surface area contributed by atoms with Crippen LogP contribution in [-0.4, -0.2) is 0 Å². The highest BCUT2D eigenvalue weighted by molar-refractivity contribution is 9.10. The van der Waals surface area contributed by atoms with Crippen LogP contribution in [0.3, 0.4) is 0 Å². The van der Waals surface area contributed by atoms with E-state index in [0.29, 0.717) is 0 Å². The van der Waals surface area contributed by atoms with Crippen LogP contribution < -0.4 is 5.32 Å². The molecule has 0 fully saturated rings. The summed E-state index contributed by atoms with van der Waals surface area (Å²) in [6.07, 6.45) is 1.68. The zero-order chi connectivity index (χ0) is 14.8. The normalized spacial score (nSPS) is 12.3. The molecule has 1 aromatic carbocycles. The van der Waals surface area contributed by atoms with Gasteiger partial charge in [-0.3, -0.25) is 0 Å². The topological polar surface area (TPSA) is 25.2 Å². The van der Waals surface area contributed by atoms with E-state index in [-0.39, 0.29) is 6.04 Å². The molecule has 3 aromatic rings. The maximum absolute atomic E-state index is 6.07. The maximum Gasteiger partial charge on any atom is 0.131 e. The Hall–Kier alpha value is -1.23. The first kappa shape index (κ1) is 14.7. The van der Waals surface area contributed by atoms with Crippen molar-refractivity contribution in [1.82, 2.24) is 0 Å². The lowest BCUT2D eigenvalue weighted by molar-refractivity contribution is 0.500. The van der Waals surface area contributed by atoms with Crippen LogP contribution in [0.5, 0.6) is 0 Å². The molecule has 0 radical (unpaired) electrons. The van der Waals surface area contributed by atoms with Crippen molar-refractivity contribution in [2.24, 2.45) is 0 Å². The van der Waals surface area contributed by atoms with Gasteiger partial charge in [0.25, 0.3) is 0 Å². The Morgan fingerprint density at radius 3 is 2.71 bits per heavy atom. The van der Waals surface area contributed by atoms with Gasteiger partial charge in [0, 0.05) is 15.0 Å². The predicted molar refractivity (Wildman–Crippen MR) is 92.4 cm³/mol. The number of hydrogen-bond donors (Lipinski definition) is 1. The fourth-order valence-corrected chi connectivity index (χ4v) is 3.84. The molecule has 1 atom stereocenters. The largest absolute Gasteiger partial charge is 0.467 e. The minimum atomic E-state index is -0.0588. The molecular weight excluding hydrogens is 370 g/mol.